The number of aryl methyl sites for hydroxylation is 1. The molecule has 108 valence electrons. The van der Waals surface area contributed by atoms with Crippen molar-refractivity contribution in [3.05, 3.63) is 23.3 Å². The lowest BCUT2D eigenvalue weighted by atomic mass is 10.1. The molecule has 0 spiro atoms. The molecule has 1 atom stereocenters. The van der Waals surface area contributed by atoms with E-state index in [1.807, 2.05) is 13.0 Å². The first-order valence-electron chi connectivity index (χ1n) is 6.85. The number of methoxy groups -OCH3 is 1. The maximum absolute atomic E-state index is 5.51. The van der Waals surface area contributed by atoms with Crippen molar-refractivity contribution in [3.63, 3.8) is 0 Å². The molecule has 0 aliphatic carbocycles. The van der Waals surface area contributed by atoms with Gasteiger partial charge in [-0.1, -0.05) is 13.8 Å². The average molecular weight is 265 g/mol. The Morgan fingerprint density at radius 3 is 2.37 bits per heavy atom. The van der Waals surface area contributed by atoms with Gasteiger partial charge < -0.3 is 10.1 Å². The van der Waals surface area contributed by atoms with E-state index >= 15 is 0 Å². The van der Waals surface area contributed by atoms with Crippen LogP contribution in [0.4, 0.5) is 0 Å². The normalized spacial score (nSPS) is 13.9. The van der Waals surface area contributed by atoms with Crippen molar-refractivity contribution in [1.29, 1.82) is 0 Å². The van der Waals surface area contributed by atoms with Gasteiger partial charge in [0.2, 0.25) is 0 Å². The Morgan fingerprint density at radius 1 is 1.26 bits per heavy atom. The summed E-state index contributed by atoms with van der Waals surface area (Å²) < 4.78 is 5.51. The highest BCUT2D eigenvalue weighted by Crippen LogP contribution is 2.22. The third kappa shape index (κ3) is 5.25. The highest BCUT2D eigenvalue weighted by atomic mass is 16.5. The monoisotopic (exact) mass is 265 g/mol. The summed E-state index contributed by atoms with van der Waals surface area (Å²) in [4.78, 5) is 9.14. The molecule has 0 radical (unpaired) electrons. The predicted octanol–water partition coefficient (Wildman–Crippen LogP) is 3.02. The van der Waals surface area contributed by atoms with Gasteiger partial charge in [0.05, 0.1) is 5.69 Å². The van der Waals surface area contributed by atoms with E-state index in [1.165, 1.54) is 0 Å². The standard InChI is InChI=1S/C15H27N3O/c1-10(2)13(19-7)14-17-11(3)8-12(18-14)9-16-15(4,5)6/h8,10,13,16H,9H2,1-7H3. The fourth-order valence-corrected chi connectivity index (χ4v) is 1.91. The van der Waals surface area contributed by atoms with Crippen molar-refractivity contribution < 1.29 is 4.74 Å². The molecule has 1 unspecified atom stereocenters. The van der Waals surface area contributed by atoms with Gasteiger partial charge in [0, 0.05) is 24.9 Å². The van der Waals surface area contributed by atoms with Crippen molar-refractivity contribution in [2.45, 2.75) is 59.7 Å². The van der Waals surface area contributed by atoms with Gasteiger partial charge in [-0.05, 0) is 39.7 Å². The molecule has 0 bridgehead atoms. The third-order valence-electron chi connectivity index (χ3n) is 2.84. The van der Waals surface area contributed by atoms with Crippen LogP contribution in [0.5, 0.6) is 0 Å². The van der Waals surface area contributed by atoms with Crippen LogP contribution in [0.2, 0.25) is 0 Å². The van der Waals surface area contributed by atoms with E-state index in [0.29, 0.717) is 5.92 Å². The number of ether oxygens (including phenoxy) is 1. The molecule has 0 aliphatic rings. The van der Waals surface area contributed by atoms with Crippen LogP contribution in [-0.4, -0.2) is 22.6 Å². The Balaban J connectivity index is 2.93. The Bertz CT molecular complexity index is 410. The summed E-state index contributed by atoms with van der Waals surface area (Å²) in [5, 5.41) is 3.45. The maximum atomic E-state index is 5.51. The first-order valence-corrected chi connectivity index (χ1v) is 6.85. The lowest BCUT2D eigenvalue weighted by Gasteiger charge is -2.22. The summed E-state index contributed by atoms with van der Waals surface area (Å²) in [6.07, 6.45) is -0.0479. The highest BCUT2D eigenvalue weighted by molar-refractivity contribution is 5.12. The second-order valence-corrected chi connectivity index (χ2v) is 6.36. The quantitative estimate of drug-likeness (QED) is 0.889. The zero-order valence-electron chi connectivity index (χ0n) is 13.2. The van der Waals surface area contributed by atoms with Gasteiger partial charge in [-0.15, -0.1) is 0 Å². The first-order chi connectivity index (χ1) is 8.73. The maximum Gasteiger partial charge on any atom is 0.157 e. The second kappa shape index (κ2) is 6.44. The largest absolute Gasteiger partial charge is 0.373 e. The molecule has 0 aliphatic heterocycles. The molecule has 0 saturated heterocycles. The molecular weight excluding hydrogens is 238 g/mol. The lowest BCUT2D eigenvalue weighted by Crippen LogP contribution is -2.35. The molecule has 0 aromatic carbocycles. The van der Waals surface area contributed by atoms with E-state index in [0.717, 1.165) is 23.8 Å². The minimum absolute atomic E-state index is 0.0479. The number of rotatable bonds is 5. The van der Waals surface area contributed by atoms with Crippen LogP contribution >= 0.6 is 0 Å². The number of hydrogen-bond donors (Lipinski definition) is 1. The first kappa shape index (κ1) is 16.1. The van der Waals surface area contributed by atoms with Gasteiger partial charge in [0.25, 0.3) is 0 Å². The van der Waals surface area contributed by atoms with Gasteiger partial charge in [-0.2, -0.15) is 0 Å². The topological polar surface area (TPSA) is 47.0 Å². The Morgan fingerprint density at radius 2 is 1.89 bits per heavy atom. The Hall–Kier alpha value is -1.00. The lowest BCUT2D eigenvalue weighted by molar-refractivity contribution is 0.0571. The predicted molar refractivity (Wildman–Crippen MR) is 77.9 cm³/mol. The van der Waals surface area contributed by atoms with Crippen molar-refractivity contribution in [3.8, 4) is 0 Å². The number of aromatic nitrogens is 2. The van der Waals surface area contributed by atoms with E-state index < -0.39 is 0 Å². The third-order valence-corrected chi connectivity index (χ3v) is 2.84. The molecule has 0 amide bonds. The van der Waals surface area contributed by atoms with Crippen LogP contribution in [0.1, 0.15) is 57.9 Å². The van der Waals surface area contributed by atoms with Gasteiger partial charge in [-0.3, -0.25) is 0 Å². The molecule has 1 heterocycles. The summed E-state index contributed by atoms with van der Waals surface area (Å²) in [7, 11) is 1.71. The van der Waals surface area contributed by atoms with E-state index in [4.69, 9.17) is 4.74 Å². The van der Waals surface area contributed by atoms with Crippen LogP contribution in [0.15, 0.2) is 6.07 Å². The van der Waals surface area contributed by atoms with Crippen LogP contribution in [0, 0.1) is 12.8 Å². The summed E-state index contributed by atoms with van der Waals surface area (Å²) in [6.45, 7) is 13.4. The SMILES string of the molecule is COC(c1nc(C)cc(CNC(C)(C)C)n1)C(C)C. The van der Waals surface area contributed by atoms with Gasteiger partial charge in [0.1, 0.15) is 6.10 Å². The van der Waals surface area contributed by atoms with Crippen LogP contribution in [0.3, 0.4) is 0 Å². The fourth-order valence-electron chi connectivity index (χ4n) is 1.91. The van der Waals surface area contributed by atoms with Crippen LogP contribution in [-0.2, 0) is 11.3 Å². The van der Waals surface area contributed by atoms with E-state index in [2.05, 4.69) is 49.9 Å². The molecule has 0 saturated carbocycles. The molecule has 0 fully saturated rings. The molecule has 1 rings (SSSR count). The van der Waals surface area contributed by atoms with Crippen molar-refractivity contribution in [2.75, 3.05) is 7.11 Å². The molecular formula is C15H27N3O. The van der Waals surface area contributed by atoms with Gasteiger partial charge in [-0.25, -0.2) is 9.97 Å². The molecule has 19 heavy (non-hydrogen) atoms. The average Bonchev–Trinajstić information content (AvgIpc) is 2.25. The minimum atomic E-state index is -0.0479. The van der Waals surface area contributed by atoms with Crippen molar-refractivity contribution >= 4 is 0 Å². The van der Waals surface area contributed by atoms with Crippen LogP contribution in [0.25, 0.3) is 0 Å². The molecule has 4 nitrogen and oxygen atoms in total. The number of hydrogen-bond acceptors (Lipinski definition) is 4. The molecule has 4 heteroatoms. The van der Waals surface area contributed by atoms with E-state index in [9.17, 15) is 0 Å². The molecule has 1 aromatic heterocycles. The summed E-state index contributed by atoms with van der Waals surface area (Å²) in [5.41, 5.74) is 2.08. The molecule has 1 aromatic rings. The summed E-state index contributed by atoms with van der Waals surface area (Å²) in [5.74, 6) is 1.14. The van der Waals surface area contributed by atoms with E-state index in [-0.39, 0.29) is 11.6 Å². The number of nitrogens with zero attached hydrogens (tertiary/aromatic N) is 2. The van der Waals surface area contributed by atoms with Crippen LogP contribution < -0.4 is 5.32 Å². The zero-order valence-corrected chi connectivity index (χ0v) is 13.2. The minimum Gasteiger partial charge on any atom is -0.373 e. The smallest absolute Gasteiger partial charge is 0.157 e. The zero-order chi connectivity index (χ0) is 14.6. The van der Waals surface area contributed by atoms with Crippen molar-refractivity contribution in [1.82, 2.24) is 15.3 Å². The Labute approximate surface area is 117 Å². The summed E-state index contributed by atoms with van der Waals surface area (Å²) >= 11 is 0. The number of nitrogens with one attached hydrogen (secondary N) is 1. The highest BCUT2D eigenvalue weighted by Gasteiger charge is 2.19. The fraction of sp³-hybridized carbons (Fsp3) is 0.733. The van der Waals surface area contributed by atoms with Gasteiger partial charge >= 0.3 is 0 Å². The molecule has 1 N–H and O–H groups in total. The Kier molecular flexibility index (Phi) is 5.44. The summed E-state index contributed by atoms with van der Waals surface area (Å²) in [6, 6.07) is 2.02. The second-order valence-electron chi connectivity index (χ2n) is 6.36. The van der Waals surface area contributed by atoms with Crippen molar-refractivity contribution in [2.24, 2.45) is 5.92 Å². The van der Waals surface area contributed by atoms with Gasteiger partial charge in [0.15, 0.2) is 5.82 Å². The van der Waals surface area contributed by atoms with E-state index in [1.54, 1.807) is 7.11 Å².